The molecule has 0 aliphatic carbocycles. The van der Waals surface area contributed by atoms with Crippen LogP contribution in [-0.2, 0) is 4.74 Å². The molecule has 0 aliphatic heterocycles. The van der Waals surface area contributed by atoms with Crippen molar-refractivity contribution < 1.29 is 9.53 Å². The molecule has 1 aromatic heterocycles. The number of nitrogens with zero attached hydrogens (tertiary/aromatic N) is 2. The highest BCUT2D eigenvalue weighted by atomic mass is 79.9. The Hall–Kier alpha value is -1.46. The minimum atomic E-state index is -0.519. The zero-order valence-corrected chi connectivity index (χ0v) is 12.4. The predicted molar refractivity (Wildman–Crippen MR) is 76.1 cm³/mol. The first-order valence-electron chi connectivity index (χ1n) is 5.57. The molecule has 0 radical (unpaired) electrons. The topological polar surface area (TPSA) is 52.1 Å². The molecule has 6 heteroatoms. The van der Waals surface area contributed by atoms with Gasteiger partial charge >= 0.3 is 5.97 Å². The lowest BCUT2D eigenvalue weighted by atomic mass is 10.2. The van der Waals surface area contributed by atoms with Crippen molar-refractivity contribution in [1.29, 1.82) is 0 Å². The van der Waals surface area contributed by atoms with Gasteiger partial charge in [0.15, 0.2) is 5.82 Å². The maximum atomic E-state index is 11.6. The normalized spacial score (nSPS) is 10.3. The van der Waals surface area contributed by atoms with Crippen LogP contribution in [0.15, 0.2) is 34.9 Å². The summed E-state index contributed by atoms with van der Waals surface area (Å²) in [4.78, 5) is 19.8. The van der Waals surface area contributed by atoms with E-state index in [4.69, 9.17) is 16.3 Å². The van der Waals surface area contributed by atoms with Crippen molar-refractivity contribution in [1.82, 2.24) is 9.97 Å². The summed E-state index contributed by atoms with van der Waals surface area (Å²) in [7, 11) is 0. The molecule has 0 aliphatic rings. The molecule has 4 nitrogen and oxygen atoms in total. The molecule has 2 aromatic rings. The summed E-state index contributed by atoms with van der Waals surface area (Å²) in [6, 6.07) is 7.48. The first-order valence-corrected chi connectivity index (χ1v) is 6.74. The Morgan fingerprint density at radius 1 is 1.37 bits per heavy atom. The molecular formula is C13H10BrClN2O2. The third-order valence-electron chi connectivity index (χ3n) is 2.34. The lowest BCUT2D eigenvalue weighted by Gasteiger charge is -2.05. The largest absolute Gasteiger partial charge is 0.462 e. The van der Waals surface area contributed by atoms with E-state index < -0.39 is 5.97 Å². The average Bonchev–Trinajstić information content (AvgIpc) is 2.39. The van der Waals surface area contributed by atoms with E-state index >= 15 is 0 Å². The summed E-state index contributed by atoms with van der Waals surface area (Å²) in [6.45, 7) is 2.01. The zero-order valence-electron chi connectivity index (χ0n) is 10.1. The molecule has 0 saturated heterocycles. The number of benzene rings is 1. The van der Waals surface area contributed by atoms with Crippen LogP contribution in [0.3, 0.4) is 0 Å². The Kier molecular flexibility index (Phi) is 4.50. The van der Waals surface area contributed by atoms with Crippen LogP contribution in [0.2, 0.25) is 5.15 Å². The summed E-state index contributed by atoms with van der Waals surface area (Å²) in [5, 5.41) is 0.0892. The molecule has 0 N–H and O–H groups in total. The molecular weight excluding hydrogens is 332 g/mol. The molecule has 2 rings (SSSR count). The fraction of sp³-hybridized carbons (Fsp3) is 0.154. The second-order valence-corrected chi connectivity index (χ2v) is 4.90. The van der Waals surface area contributed by atoms with E-state index in [1.54, 1.807) is 6.92 Å². The van der Waals surface area contributed by atoms with Crippen molar-refractivity contribution in [3.8, 4) is 11.4 Å². The number of carbonyl (C=O) groups excluding carboxylic acids is 1. The minimum Gasteiger partial charge on any atom is -0.462 e. The first-order chi connectivity index (χ1) is 9.11. The summed E-state index contributed by atoms with van der Waals surface area (Å²) < 4.78 is 5.82. The molecule has 0 amide bonds. The number of aromatic nitrogens is 2. The van der Waals surface area contributed by atoms with Gasteiger partial charge in [-0.1, -0.05) is 39.7 Å². The predicted octanol–water partition coefficient (Wildman–Crippen LogP) is 3.74. The third kappa shape index (κ3) is 3.30. The third-order valence-corrected chi connectivity index (χ3v) is 3.16. The number of esters is 1. The Balaban J connectivity index is 2.33. The van der Waals surface area contributed by atoms with Gasteiger partial charge in [-0.25, -0.2) is 14.8 Å². The molecule has 19 heavy (non-hydrogen) atoms. The van der Waals surface area contributed by atoms with Gasteiger partial charge in [0.2, 0.25) is 0 Å². The van der Waals surface area contributed by atoms with Crippen LogP contribution in [0.25, 0.3) is 11.4 Å². The highest BCUT2D eigenvalue weighted by Gasteiger charge is 2.14. The maximum absolute atomic E-state index is 11.6. The average molecular weight is 342 g/mol. The van der Waals surface area contributed by atoms with Crippen LogP contribution >= 0.6 is 27.5 Å². The molecule has 0 saturated carbocycles. The Morgan fingerprint density at radius 3 is 2.63 bits per heavy atom. The van der Waals surface area contributed by atoms with Gasteiger partial charge in [-0.2, -0.15) is 0 Å². The van der Waals surface area contributed by atoms with Gasteiger partial charge in [0, 0.05) is 16.2 Å². The van der Waals surface area contributed by atoms with E-state index in [-0.39, 0.29) is 17.3 Å². The quantitative estimate of drug-likeness (QED) is 0.630. The Morgan fingerprint density at radius 2 is 2.05 bits per heavy atom. The smallest absolute Gasteiger partial charge is 0.342 e. The molecule has 0 unspecified atom stereocenters. The fourth-order valence-corrected chi connectivity index (χ4v) is 1.92. The van der Waals surface area contributed by atoms with Gasteiger partial charge < -0.3 is 4.74 Å². The number of carbonyl (C=O) groups is 1. The SMILES string of the molecule is CCOC(=O)c1cnc(-c2ccc(Br)cc2)nc1Cl. The van der Waals surface area contributed by atoms with E-state index in [9.17, 15) is 4.79 Å². The summed E-state index contributed by atoms with van der Waals surface area (Å²) in [5.74, 6) is -0.0552. The first kappa shape index (κ1) is 14.0. The Bertz CT molecular complexity index is 602. The second-order valence-electron chi connectivity index (χ2n) is 3.63. The lowest BCUT2D eigenvalue weighted by molar-refractivity contribution is 0.0525. The fourth-order valence-electron chi connectivity index (χ4n) is 1.44. The second kappa shape index (κ2) is 6.12. The summed E-state index contributed by atoms with van der Waals surface area (Å²) in [5.41, 5.74) is 0.991. The number of rotatable bonds is 3. The van der Waals surface area contributed by atoms with Crippen molar-refractivity contribution in [2.45, 2.75) is 6.92 Å². The van der Waals surface area contributed by atoms with Crippen LogP contribution in [0, 0.1) is 0 Å². The van der Waals surface area contributed by atoms with Crippen LogP contribution in [0.5, 0.6) is 0 Å². The molecule has 1 aromatic carbocycles. The number of halogens is 2. The lowest BCUT2D eigenvalue weighted by Crippen LogP contribution is -2.07. The van der Waals surface area contributed by atoms with Crippen molar-refractivity contribution in [2.75, 3.05) is 6.61 Å². The van der Waals surface area contributed by atoms with Gasteiger partial charge in [-0.15, -0.1) is 0 Å². The van der Waals surface area contributed by atoms with Crippen LogP contribution in [0.1, 0.15) is 17.3 Å². The molecule has 98 valence electrons. The van der Waals surface area contributed by atoms with Crippen LogP contribution in [0.4, 0.5) is 0 Å². The number of hydrogen-bond donors (Lipinski definition) is 0. The molecule has 0 spiro atoms. The summed E-state index contributed by atoms with van der Waals surface area (Å²) >= 11 is 9.33. The maximum Gasteiger partial charge on any atom is 0.342 e. The van der Waals surface area contributed by atoms with Crippen LogP contribution in [-0.4, -0.2) is 22.5 Å². The van der Waals surface area contributed by atoms with E-state index in [2.05, 4.69) is 25.9 Å². The monoisotopic (exact) mass is 340 g/mol. The number of hydrogen-bond acceptors (Lipinski definition) is 4. The molecule has 0 bridgehead atoms. The van der Waals surface area contributed by atoms with E-state index in [0.29, 0.717) is 5.82 Å². The van der Waals surface area contributed by atoms with Gasteiger partial charge in [-0.05, 0) is 19.1 Å². The molecule has 0 fully saturated rings. The standard InChI is InChI=1S/C13H10BrClN2O2/c1-2-19-13(18)10-7-16-12(17-11(10)15)8-3-5-9(14)6-4-8/h3-7H,2H2,1H3. The van der Waals surface area contributed by atoms with E-state index in [1.807, 2.05) is 24.3 Å². The van der Waals surface area contributed by atoms with Gasteiger partial charge in [0.05, 0.1) is 6.61 Å². The van der Waals surface area contributed by atoms with Crippen LogP contribution < -0.4 is 0 Å². The highest BCUT2D eigenvalue weighted by molar-refractivity contribution is 9.10. The Labute approximate surface area is 123 Å². The van der Waals surface area contributed by atoms with Crippen molar-refractivity contribution in [2.24, 2.45) is 0 Å². The van der Waals surface area contributed by atoms with E-state index in [0.717, 1.165) is 10.0 Å². The van der Waals surface area contributed by atoms with Gasteiger partial charge in [-0.3, -0.25) is 0 Å². The van der Waals surface area contributed by atoms with Gasteiger partial charge in [0.25, 0.3) is 0 Å². The van der Waals surface area contributed by atoms with Crippen molar-refractivity contribution in [3.05, 3.63) is 45.7 Å². The number of ether oxygens (including phenoxy) is 1. The van der Waals surface area contributed by atoms with E-state index in [1.165, 1.54) is 6.20 Å². The molecule has 0 atom stereocenters. The highest BCUT2D eigenvalue weighted by Crippen LogP contribution is 2.21. The summed E-state index contributed by atoms with van der Waals surface area (Å²) in [6.07, 6.45) is 1.38. The van der Waals surface area contributed by atoms with Gasteiger partial charge in [0.1, 0.15) is 10.7 Å². The molecule has 1 heterocycles. The zero-order chi connectivity index (χ0) is 13.8. The van der Waals surface area contributed by atoms with Crippen molar-refractivity contribution in [3.63, 3.8) is 0 Å². The van der Waals surface area contributed by atoms with Crippen molar-refractivity contribution >= 4 is 33.5 Å². The minimum absolute atomic E-state index is 0.0892.